The van der Waals surface area contributed by atoms with Gasteiger partial charge in [0.05, 0.1) is 25.3 Å². The highest BCUT2D eigenvalue weighted by Crippen LogP contribution is 2.14. The molecule has 2 N–H and O–H groups in total. The summed E-state index contributed by atoms with van der Waals surface area (Å²) in [5.41, 5.74) is 5.36. The number of nitrogens with two attached hydrogens (primary N) is 1. The number of ether oxygens (including phenoxy) is 1. The molecular weight excluding hydrogens is 296 g/mol. The highest BCUT2D eigenvalue weighted by molar-refractivity contribution is 5.85. The van der Waals surface area contributed by atoms with E-state index in [2.05, 4.69) is 4.90 Å². The minimum atomic E-state index is -0.777. The lowest BCUT2D eigenvalue weighted by atomic mass is 9.95. The fraction of sp³-hybridized carbons (Fsp3) is 0.875. The fourth-order valence-electron chi connectivity index (χ4n) is 3.20. The van der Waals surface area contributed by atoms with E-state index in [-0.39, 0.29) is 11.8 Å². The molecule has 0 aromatic carbocycles. The molecule has 2 aliphatic rings. The highest BCUT2D eigenvalue weighted by atomic mass is 16.5. The minimum Gasteiger partial charge on any atom is -0.378 e. The van der Waals surface area contributed by atoms with E-state index in [0.29, 0.717) is 52.4 Å². The molecule has 2 amide bonds. The average molecular weight is 326 g/mol. The lowest BCUT2D eigenvalue weighted by Gasteiger charge is -2.39. The molecule has 0 aromatic heterocycles. The largest absolute Gasteiger partial charge is 0.378 e. The van der Waals surface area contributed by atoms with Crippen LogP contribution in [0.4, 0.5) is 0 Å². The maximum Gasteiger partial charge on any atom is 0.242 e. The molecule has 0 aliphatic carbocycles. The third-order valence-electron chi connectivity index (χ3n) is 4.64. The summed E-state index contributed by atoms with van der Waals surface area (Å²) < 4.78 is 5.27. The second-order valence-electron chi connectivity index (χ2n) is 6.73. The summed E-state index contributed by atoms with van der Waals surface area (Å²) in [7, 11) is 0. The van der Waals surface area contributed by atoms with Crippen molar-refractivity contribution in [3.8, 4) is 0 Å². The molecule has 2 saturated heterocycles. The molecule has 0 bridgehead atoms. The summed E-state index contributed by atoms with van der Waals surface area (Å²) in [6.07, 6.45) is 1.59. The van der Waals surface area contributed by atoms with E-state index in [1.807, 2.05) is 23.6 Å². The zero-order chi connectivity index (χ0) is 16.9. The van der Waals surface area contributed by atoms with Gasteiger partial charge in [0.15, 0.2) is 0 Å². The summed E-state index contributed by atoms with van der Waals surface area (Å²) in [5.74, 6) is 0.182. The van der Waals surface area contributed by atoms with Crippen molar-refractivity contribution < 1.29 is 14.3 Å². The maximum atomic E-state index is 12.5. The first-order chi connectivity index (χ1) is 10.9. The summed E-state index contributed by atoms with van der Waals surface area (Å²) >= 11 is 0. The van der Waals surface area contributed by atoms with Gasteiger partial charge in [-0.25, -0.2) is 0 Å². The molecule has 7 heteroatoms. The Morgan fingerprint density at radius 3 is 2.22 bits per heavy atom. The lowest BCUT2D eigenvalue weighted by molar-refractivity contribution is -0.140. The van der Waals surface area contributed by atoms with Crippen LogP contribution in [0.1, 0.15) is 26.7 Å². The molecular formula is C16H30N4O3. The number of piperazine rings is 1. The molecule has 1 unspecified atom stereocenters. The first kappa shape index (κ1) is 18.2. The van der Waals surface area contributed by atoms with Crippen LogP contribution in [0.3, 0.4) is 0 Å². The van der Waals surface area contributed by atoms with Gasteiger partial charge in [-0.1, -0.05) is 13.3 Å². The van der Waals surface area contributed by atoms with Crippen LogP contribution < -0.4 is 5.73 Å². The van der Waals surface area contributed by atoms with Crippen LogP contribution in [0.15, 0.2) is 0 Å². The minimum absolute atomic E-state index is 0.0264. The Morgan fingerprint density at radius 2 is 1.65 bits per heavy atom. The quantitative estimate of drug-likeness (QED) is 0.737. The van der Waals surface area contributed by atoms with Crippen molar-refractivity contribution in [2.24, 2.45) is 5.73 Å². The zero-order valence-electron chi connectivity index (χ0n) is 14.4. The molecule has 2 heterocycles. The van der Waals surface area contributed by atoms with Crippen LogP contribution in [-0.4, -0.2) is 91.1 Å². The van der Waals surface area contributed by atoms with Gasteiger partial charge < -0.3 is 20.3 Å². The van der Waals surface area contributed by atoms with Crippen molar-refractivity contribution in [2.75, 3.05) is 59.0 Å². The molecule has 2 rings (SSSR count). The van der Waals surface area contributed by atoms with Gasteiger partial charge in [-0.2, -0.15) is 0 Å². The topological polar surface area (TPSA) is 79.1 Å². The van der Waals surface area contributed by atoms with E-state index < -0.39 is 5.54 Å². The number of rotatable bonds is 5. The number of nitrogens with zero attached hydrogens (tertiary/aromatic N) is 3. The van der Waals surface area contributed by atoms with Gasteiger partial charge in [-0.05, 0) is 13.3 Å². The van der Waals surface area contributed by atoms with Crippen molar-refractivity contribution in [3.63, 3.8) is 0 Å². The van der Waals surface area contributed by atoms with Crippen LogP contribution in [0, 0.1) is 0 Å². The Kier molecular flexibility index (Phi) is 6.38. The van der Waals surface area contributed by atoms with Crippen molar-refractivity contribution in [3.05, 3.63) is 0 Å². The number of carbonyl (C=O) groups excluding carboxylic acids is 2. The third-order valence-corrected chi connectivity index (χ3v) is 4.64. The summed E-state index contributed by atoms with van der Waals surface area (Å²) in [6, 6.07) is 0. The summed E-state index contributed by atoms with van der Waals surface area (Å²) in [4.78, 5) is 30.6. The van der Waals surface area contributed by atoms with Crippen molar-refractivity contribution in [2.45, 2.75) is 32.2 Å². The van der Waals surface area contributed by atoms with Crippen LogP contribution in [0.5, 0.6) is 0 Å². The fourth-order valence-corrected chi connectivity index (χ4v) is 3.20. The second-order valence-corrected chi connectivity index (χ2v) is 6.73. The first-order valence-electron chi connectivity index (χ1n) is 8.60. The molecule has 0 spiro atoms. The third kappa shape index (κ3) is 4.89. The molecule has 0 aromatic rings. The molecule has 132 valence electrons. The second kappa shape index (κ2) is 8.08. The Bertz CT molecular complexity index is 414. The SMILES string of the molecule is CCCC(C)(N)C(=O)N1CCN(CC(=O)N2CCOCC2)CC1. The average Bonchev–Trinajstić information content (AvgIpc) is 2.55. The van der Waals surface area contributed by atoms with Crippen LogP contribution in [-0.2, 0) is 14.3 Å². The number of hydrogen-bond donors (Lipinski definition) is 1. The van der Waals surface area contributed by atoms with Gasteiger partial charge in [0, 0.05) is 39.3 Å². The Labute approximate surface area is 138 Å². The molecule has 23 heavy (non-hydrogen) atoms. The molecule has 2 fully saturated rings. The van der Waals surface area contributed by atoms with Gasteiger partial charge in [0.25, 0.3) is 0 Å². The molecule has 1 atom stereocenters. The lowest BCUT2D eigenvalue weighted by Crippen LogP contribution is -2.59. The van der Waals surface area contributed by atoms with Crippen LogP contribution >= 0.6 is 0 Å². The van der Waals surface area contributed by atoms with E-state index in [1.54, 1.807) is 0 Å². The molecule has 0 saturated carbocycles. The molecule has 2 aliphatic heterocycles. The van der Waals surface area contributed by atoms with E-state index in [9.17, 15) is 9.59 Å². The predicted octanol–water partition coefficient (Wildman–Crippen LogP) is -0.493. The number of morpholine rings is 1. The molecule has 7 nitrogen and oxygen atoms in total. The van der Waals surface area contributed by atoms with E-state index in [4.69, 9.17) is 10.5 Å². The predicted molar refractivity (Wildman–Crippen MR) is 87.9 cm³/mol. The van der Waals surface area contributed by atoms with Crippen molar-refractivity contribution in [1.29, 1.82) is 0 Å². The zero-order valence-corrected chi connectivity index (χ0v) is 14.4. The summed E-state index contributed by atoms with van der Waals surface area (Å²) in [5, 5.41) is 0. The monoisotopic (exact) mass is 326 g/mol. The standard InChI is InChI=1S/C16H30N4O3/c1-3-4-16(2,17)15(22)20-7-5-18(6-8-20)13-14(21)19-9-11-23-12-10-19/h3-13,17H2,1-2H3. The highest BCUT2D eigenvalue weighted by Gasteiger charge is 2.33. The Morgan fingerprint density at radius 1 is 1.04 bits per heavy atom. The van der Waals surface area contributed by atoms with E-state index in [1.165, 1.54) is 0 Å². The number of carbonyl (C=O) groups is 2. The smallest absolute Gasteiger partial charge is 0.242 e. The summed E-state index contributed by atoms with van der Waals surface area (Å²) in [6.45, 7) is 9.63. The van der Waals surface area contributed by atoms with Crippen LogP contribution in [0.2, 0.25) is 0 Å². The maximum absolute atomic E-state index is 12.5. The van der Waals surface area contributed by atoms with Gasteiger partial charge in [-0.3, -0.25) is 14.5 Å². The molecule has 0 radical (unpaired) electrons. The van der Waals surface area contributed by atoms with Gasteiger partial charge in [0.2, 0.25) is 11.8 Å². The Balaban J connectivity index is 1.77. The number of hydrogen-bond acceptors (Lipinski definition) is 5. The number of amides is 2. The van der Waals surface area contributed by atoms with Crippen molar-refractivity contribution in [1.82, 2.24) is 14.7 Å². The van der Waals surface area contributed by atoms with E-state index >= 15 is 0 Å². The van der Waals surface area contributed by atoms with Gasteiger partial charge in [0.1, 0.15) is 0 Å². The van der Waals surface area contributed by atoms with Crippen LogP contribution in [0.25, 0.3) is 0 Å². The normalized spacial score (nSPS) is 22.7. The van der Waals surface area contributed by atoms with E-state index in [0.717, 1.165) is 19.5 Å². The van der Waals surface area contributed by atoms with Gasteiger partial charge in [-0.15, -0.1) is 0 Å². The Hall–Kier alpha value is -1.18. The van der Waals surface area contributed by atoms with Crippen molar-refractivity contribution >= 4 is 11.8 Å². The van der Waals surface area contributed by atoms with Gasteiger partial charge >= 0.3 is 0 Å². The first-order valence-corrected chi connectivity index (χ1v) is 8.60.